The van der Waals surface area contributed by atoms with Crippen molar-refractivity contribution in [1.29, 1.82) is 0 Å². The van der Waals surface area contributed by atoms with Gasteiger partial charge in [0.15, 0.2) is 14.6 Å². The van der Waals surface area contributed by atoms with Gasteiger partial charge in [0, 0.05) is 25.0 Å². The fourth-order valence-corrected chi connectivity index (χ4v) is 5.17. The van der Waals surface area contributed by atoms with E-state index in [2.05, 4.69) is 4.99 Å². The van der Waals surface area contributed by atoms with Crippen molar-refractivity contribution in [2.75, 3.05) is 19.5 Å². The van der Waals surface area contributed by atoms with Gasteiger partial charge in [0.25, 0.3) is 5.91 Å². The van der Waals surface area contributed by atoms with Crippen LogP contribution in [0.15, 0.2) is 82.7 Å². The molecule has 4 aromatic rings. The Morgan fingerprint density at radius 3 is 2.50 bits per heavy atom. The molecule has 176 valence electrons. The molecule has 7 nitrogen and oxygen atoms in total. The van der Waals surface area contributed by atoms with Crippen LogP contribution in [-0.4, -0.2) is 38.4 Å². The quantitative estimate of drug-likeness (QED) is 0.331. The lowest BCUT2D eigenvalue weighted by atomic mass is 10.2. The van der Waals surface area contributed by atoms with Crippen LogP contribution in [0.25, 0.3) is 10.2 Å². The van der Waals surface area contributed by atoms with Gasteiger partial charge < -0.3 is 14.0 Å². The zero-order chi connectivity index (χ0) is 24.1. The van der Waals surface area contributed by atoms with Gasteiger partial charge in [-0.15, -0.1) is 0 Å². The van der Waals surface area contributed by atoms with Crippen LogP contribution in [0.1, 0.15) is 17.3 Å². The van der Waals surface area contributed by atoms with Gasteiger partial charge in [-0.3, -0.25) is 4.79 Å². The summed E-state index contributed by atoms with van der Waals surface area (Å²) >= 11 is 1.27. The highest BCUT2D eigenvalue weighted by Crippen LogP contribution is 2.24. The van der Waals surface area contributed by atoms with Gasteiger partial charge in [-0.2, -0.15) is 4.99 Å². The smallest absolute Gasteiger partial charge is 0.279 e. The number of aromatic nitrogens is 1. The maximum atomic E-state index is 13.0. The normalized spacial score (nSPS) is 12.2. The van der Waals surface area contributed by atoms with Crippen LogP contribution in [0.2, 0.25) is 0 Å². The van der Waals surface area contributed by atoms with E-state index in [1.807, 2.05) is 41.8 Å². The van der Waals surface area contributed by atoms with Crippen molar-refractivity contribution in [1.82, 2.24) is 4.57 Å². The average molecular weight is 497 g/mol. The highest BCUT2D eigenvalue weighted by atomic mass is 32.2. The first-order valence-electron chi connectivity index (χ1n) is 10.7. The molecule has 0 aliphatic heterocycles. The van der Waals surface area contributed by atoms with Gasteiger partial charge in [-0.05, 0) is 55.5 Å². The second kappa shape index (κ2) is 10.3. The molecule has 0 spiro atoms. The minimum Gasteiger partial charge on any atom is -0.457 e. The molecule has 1 amide bonds. The number of para-hydroxylation sites is 1. The van der Waals surface area contributed by atoms with E-state index in [9.17, 15) is 13.2 Å². The number of ether oxygens (including phenoxy) is 2. The molecule has 0 unspecified atom stereocenters. The Bertz CT molecular complexity index is 1490. The maximum Gasteiger partial charge on any atom is 0.279 e. The van der Waals surface area contributed by atoms with Crippen molar-refractivity contribution in [2.45, 2.75) is 18.4 Å². The molecular formula is C25H24N2O5S2. The number of carbonyl (C=O) groups excluding carboxylic acids is 1. The largest absolute Gasteiger partial charge is 0.457 e. The number of hydrogen-bond acceptors (Lipinski definition) is 6. The van der Waals surface area contributed by atoms with Crippen LogP contribution < -0.4 is 9.54 Å². The molecule has 0 saturated heterocycles. The zero-order valence-electron chi connectivity index (χ0n) is 18.8. The molecule has 3 aromatic carbocycles. The Morgan fingerprint density at radius 1 is 1.00 bits per heavy atom. The van der Waals surface area contributed by atoms with E-state index in [1.165, 1.54) is 17.6 Å². The third-order valence-corrected chi connectivity index (χ3v) is 7.15. The van der Waals surface area contributed by atoms with E-state index in [0.29, 0.717) is 41.6 Å². The van der Waals surface area contributed by atoms with Crippen molar-refractivity contribution in [2.24, 2.45) is 4.99 Å². The molecule has 34 heavy (non-hydrogen) atoms. The molecule has 0 aliphatic rings. The summed E-state index contributed by atoms with van der Waals surface area (Å²) in [6.45, 7) is 3.40. The second-order valence-electron chi connectivity index (χ2n) is 7.49. The Labute approximate surface area is 201 Å². The maximum absolute atomic E-state index is 13.0. The monoisotopic (exact) mass is 496 g/mol. The van der Waals surface area contributed by atoms with Crippen molar-refractivity contribution in [3.8, 4) is 11.5 Å². The third kappa shape index (κ3) is 5.61. The third-order valence-electron chi connectivity index (χ3n) is 5.00. The zero-order valence-corrected chi connectivity index (χ0v) is 20.4. The summed E-state index contributed by atoms with van der Waals surface area (Å²) in [5, 5.41) is 0. The molecule has 0 aliphatic carbocycles. The van der Waals surface area contributed by atoms with Crippen LogP contribution in [0, 0.1) is 0 Å². The van der Waals surface area contributed by atoms with Gasteiger partial charge in [0.2, 0.25) is 0 Å². The van der Waals surface area contributed by atoms with Gasteiger partial charge in [-0.25, -0.2) is 8.42 Å². The summed E-state index contributed by atoms with van der Waals surface area (Å²) in [5.41, 5.74) is 1.18. The number of sulfone groups is 1. The first-order valence-corrected chi connectivity index (χ1v) is 13.4. The number of thiazole rings is 1. The number of fused-ring (bicyclic) bond motifs is 1. The topological polar surface area (TPSA) is 87.0 Å². The van der Waals surface area contributed by atoms with Crippen molar-refractivity contribution < 1.29 is 22.7 Å². The van der Waals surface area contributed by atoms with Gasteiger partial charge in [0.05, 0.1) is 21.7 Å². The Balaban J connectivity index is 1.72. The Kier molecular flexibility index (Phi) is 7.26. The second-order valence-corrected chi connectivity index (χ2v) is 10.5. The summed E-state index contributed by atoms with van der Waals surface area (Å²) in [6.07, 6.45) is 1.17. The van der Waals surface area contributed by atoms with Crippen molar-refractivity contribution in [3.05, 3.63) is 83.2 Å². The van der Waals surface area contributed by atoms with Crippen LogP contribution in [-0.2, 0) is 21.1 Å². The van der Waals surface area contributed by atoms with E-state index < -0.39 is 15.7 Å². The molecule has 9 heteroatoms. The summed E-state index contributed by atoms with van der Waals surface area (Å²) in [6, 6.07) is 21.1. The first kappa shape index (κ1) is 23.9. The predicted molar refractivity (Wildman–Crippen MR) is 132 cm³/mol. The fourth-order valence-electron chi connectivity index (χ4n) is 3.35. The van der Waals surface area contributed by atoms with E-state index in [-0.39, 0.29) is 4.90 Å². The first-order chi connectivity index (χ1) is 16.3. The number of nitrogens with zero attached hydrogens (tertiary/aromatic N) is 2. The summed E-state index contributed by atoms with van der Waals surface area (Å²) in [5.74, 6) is 0.785. The van der Waals surface area contributed by atoms with Crippen molar-refractivity contribution in [3.63, 3.8) is 0 Å². The summed E-state index contributed by atoms with van der Waals surface area (Å²) < 4.78 is 37.9. The number of hydrogen-bond donors (Lipinski definition) is 0. The highest BCUT2D eigenvalue weighted by Gasteiger charge is 2.14. The molecule has 0 N–H and O–H groups in total. The molecule has 0 fully saturated rings. The molecule has 0 atom stereocenters. The van der Waals surface area contributed by atoms with E-state index in [4.69, 9.17) is 9.47 Å². The Hall–Kier alpha value is -3.27. The van der Waals surface area contributed by atoms with Gasteiger partial charge in [0.1, 0.15) is 11.5 Å². The number of carbonyl (C=O) groups is 1. The molecule has 0 radical (unpaired) electrons. The van der Waals surface area contributed by atoms with E-state index in [0.717, 1.165) is 10.2 Å². The molecular weight excluding hydrogens is 472 g/mol. The highest BCUT2D eigenvalue weighted by molar-refractivity contribution is 7.90. The average Bonchev–Trinajstić information content (AvgIpc) is 3.16. The summed E-state index contributed by atoms with van der Waals surface area (Å²) in [4.78, 5) is 18.1. The van der Waals surface area contributed by atoms with Gasteiger partial charge >= 0.3 is 0 Å². The number of benzene rings is 3. The Morgan fingerprint density at radius 2 is 1.76 bits per heavy atom. The van der Waals surface area contributed by atoms with Crippen molar-refractivity contribution >= 4 is 37.3 Å². The minimum absolute atomic E-state index is 0.224. The predicted octanol–water partition coefficient (Wildman–Crippen LogP) is 4.68. The lowest BCUT2D eigenvalue weighted by Gasteiger charge is -2.07. The fraction of sp³-hybridized carbons (Fsp3) is 0.200. The number of amides is 1. The lowest BCUT2D eigenvalue weighted by molar-refractivity contribution is 0.0996. The molecule has 1 aromatic heterocycles. The summed E-state index contributed by atoms with van der Waals surface area (Å²) in [7, 11) is -3.35. The van der Waals surface area contributed by atoms with Crippen LogP contribution in [0.4, 0.5) is 0 Å². The molecule has 0 bridgehead atoms. The SMILES string of the molecule is CCOCCn1c(=NC(=O)c2cccc(Oc3ccccc3)c2)sc2cc(S(C)(=O)=O)ccc21. The van der Waals surface area contributed by atoms with Crippen LogP contribution in [0.5, 0.6) is 11.5 Å². The standard InChI is InChI=1S/C25H24N2O5S2/c1-3-31-15-14-27-22-13-12-21(34(2,29)30)17-23(22)33-25(27)26-24(28)18-8-7-11-20(16-18)32-19-9-5-4-6-10-19/h4-13,16-17H,3,14-15H2,1-2H3. The minimum atomic E-state index is -3.35. The molecule has 0 saturated carbocycles. The molecule has 1 heterocycles. The van der Waals surface area contributed by atoms with E-state index >= 15 is 0 Å². The van der Waals surface area contributed by atoms with E-state index in [1.54, 1.807) is 42.5 Å². The van der Waals surface area contributed by atoms with Gasteiger partial charge in [-0.1, -0.05) is 35.6 Å². The number of rotatable bonds is 8. The van der Waals surface area contributed by atoms with Crippen LogP contribution >= 0.6 is 11.3 Å². The lowest BCUT2D eigenvalue weighted by Crippen LogP contribution is -2.19. The van der Waals surface area contributed by atoms with Crippen LogP contribution in [0.3, 0.4) is 0 Å². The molecule has 4 rings (SSSR count).